The third-order valence-corrected chi connectivity index (χ3v) is 5.52. The van der Waals surface area contributed by atoms with Crippen LogP contribution < -0.4 is 14.4 Å². The zero-order valence-electron chi connectivity index (χ0n) is 17.9. The number of para-hydroxylation sites is 1. The van der Waals surface area contributed by atoms with Crippen LogP contribution in [0.2, 0.25) is 0 Å². The summed E-state index contributed by atoms with van der Waals surface area (Å²) in [6, 6.07) is 25.8. The quantitative estimate of drug-likeness (QED) is 0.576. The second-order valence-electron chi connectivity index (χ2n) is 7.69. The summed E-state index contributed by atoms with van der Waals surface area (Å²) >= 11 is 0. The van der Waals surface area contributed by atoms with Crippen molar-refractivity contribution in [3.8, 4) is 11.5 Å². The van der Waals surface area contributed by atoms with Gasteiger partial charge < -0.3 is 19.3 Å². The van der Waals surface area contributed by atoms with Crippen LogP contribution in [-0.2, 0) is 11.4 Å². The number of amides is 1. The standard InChI is InChI=1S/C26H28N2O3/c1-21-7-5-6-10-25(21)27-15-17-28(18-16-27)26(29)20-31-24-13-11-23(12-14-24)30-19-22-8-3-2-4-9-22/h2-14H,15-20H2,1H3. The first-order valence-electron chi connectivity index (χ1n) is 10.7. The Morgan fingerprint density at radius 1 is 0.774 bits per heavy atom. The van der Waals surface area contributed by atoms with Crippen molar-refractivity contribution in [3.05, 3.63) is 90.0 Å². The molecule has 0 unspecified atom stereocenters. The highest BCUT2D eigenvalue weighted by atomic mass is 16.5. The molecule has 160 valence electrons. The van der Waals surface area contributed by atoms with E-state index in [4.69, 9.17) is 9.47 Å². The van der Waals surface area contributed by atoms with Gasteiger partial charge in [0.2, 0.25) is 0 Å². The lowest BCUT2D eigenvalue weighted by Gasteiger charge is -2.36. The smallest absolute Gasteiger partial charge is 0.260 e. The van der Waals surface area contributed by atoms with E-state index in [2.05, 4.69) is 36.1 Å². The first-order chi connectivity index (χ1) is 15.2. The van der Waals surface area contributed by atoms with E-state index in [0.717, 1.165) is 24.4 Å². The molecular formula is C26H28N2O3. The Bertz CT molecular complexity index is 981. The lowest BCUT2D eigenvalue weighted by Crippen LogP contribution is -2.50. The number of rotatable bonds is 7. The molecule has 0 spiro atoms. The van der Waals surface area contributed by atoms with E-state index in [0.29, 0.717) is 25.4 Å². The zero-order chi connectivity index (χ0) is 21.5. The normalized spacial score (nSPS) is 13.7. The predicted octanol–water partition coefficient (Wildman–Crippen LogP) is 4.30. The van der Waals surface area contributed by atoms with Crippen molar-refractivity contribution < 1.29 is 14.3 Å². The monoisotopic (exact) mass is 416 g/mol. The van der Waals surface area contributed by atoms with Crippen molar-refractivity contribution in [1.82, 2.24) is 4.90 Å². The Morgan fingerprint density at radius 2 is 1.39 bits per heavy atom. The summed E-state index contributed by atoms with van der Waals surface area (Å²) < 4.78 is 11.5. The Hall–Kier alpha value is -3.47. The van der Waals surface area contributed by atoms with Crippen LogP contribution in [0.4, 0.5) is 5.69 Å². The van der Waals surface area contributed by atoms with Gasteiger partial charge in [0.25, 0.3) is 5.91 Å². The molecule has 3 aromatic carbocycles. The molecule has 0 radical (unpaired) electrons. The second kappa shape index (κ2) is 10.0. The third kappa shape index (κ3) is 5.57. The van der Waals surface area contributed by atoms with Crippen LogP contribution in [0.1, 0.15) is 11.1 Å². The number of benzene rings is 3. The van der Waals surface area contributed by atoms with E-state index in [1.165, 1.54) is 11.3 Å². The number of nitrogens with zero attached hydrogens (tertiary/aromatic N) is 2. The van der Waals surface area contributed by atoms with E-state index in [1.807, 2.05) is 59.5 Å². The van der Waals surface area contributed by atoms with Crippen LogP contribution in [0.15, 0.2) is 78.9 Å². The van der Waals surface area contributed by atoms with Gasteiger partial charge in [-0.25, -0.2) is 0 Å². The SMILES string of the molecule is Cc1ccccc1N1CCN(C(=O)COc2ccc(OCc3ccccc3)cc2)CC1. The van der Waals surface area contributed by atoms with E-state index in [9.17, 15) is 4.79 Å². The average molecular weight is 417 g/mol. The molecular weight excluding hydrogens is 388 g/mol. The second-order valence-corrected chi connectivity index (χ2v) is 7.69. The minimum atomic E-state index is 0.0221. The molecule has 0 atom stereocenters. The number of carbonyl (C=O) groups excluding carboxylic acids is 1. The zero-order valence-corrected chi connectivity index (χ0v) is 17.9. The first kappa shape index (κ1) is 20.8. The van der Waals surface area contributed by atoms with Gasteiger partial charge in [-0.1, -0.05) is 48.5 Å². The van der Waals surface area contributed by atoms with Gasteiger partial charge >= 0.3 is 0 Å². The fourth-order valence-electron chi connectivity index (χ4n) is 3.72. The summed E-state index contributed by atoms with van der Waals surface area (Å²) in [5.41, 5.74) is 3.64. The fraction of sp³-hybridized carbons (Fsp3) is 0.269. The van der Waals surface area contributed by atoms with Crippen molar-refractivity contribution in [2.75, 3.05) is 37.7 Å². The largest absolute Gasteiger partial charge is 0.489 e. The van der Waals surface area contributed by atoms with E-state index < -0.39 is 0 Å². The highest BCUT2D eigenvalue weighted by Crippen LogP contribution is 2.21. The minimum Gasteiger partial charge on any atom is -0.489 e. The summed E-state index contributed by atoms with van der Waals surface area (Å²) in [4.78, 5) is 16.8. The minimum absolute atomic E-state index is 0.0221. The van der Waals surface area contributed by atoms with Crippen LogP contribution in [0.5, 0.6) is 11.5 Å². The lowest BCUT2D eigenvalue weighted by atomic mass is 10.1. The van der Waals surface area contributed by atoms with Crippen LogP contribution in [-0.4, -0.2) is 43.6 Å². The van der Waals surface area contributed by atoms with Crippen LogP contribution in [0.3, 0.4) is 0 Å². The lowest BCUT2D eigenvalue weighted by molar-refractivity contribution is -0.133. The van der Waals surface area contributed by atoms with Crippen LogP contribution in [0.25, 0.3) is 0 Å². The average Bonchev–Trinajstić information content (AvgIpc) is 2.83. The number of carbonyl (C=O) groups is 1. The number of anilines is 1. The van der Waals surface area contributed by atoms with Gasteiger partial charge in [-0.3, -0.25) is 4.79 Å². The Balaban J connectivity index is 1.21. The highest BCUT2D eigenvalue weighted by molar-refractivity contribution is 5.78. The molecule has 0 aliphatic carbocycles. The molecule has 0 aromatic heterocycles. The molecule has 31 heavy (non-hydrogen) atoms. The summed E-state index contributed by atoms with van der Waals surface area (Å²) in [5.74, 6) is 1.46. The van der Waals surface area contributed by atoms with Gasteiger partial charge in [0.1, 0.15) is 18.1 Å². The number of aryl methyl sites for hydroxylation is 1. The molecule has 5 nitrogen and oxygen atoms in total. The van der Waals surface area contributed by atoms with Gasteiger partial charge in [0.15, 0.2) is 6.61 Å². The summed E-state index contributed by atoms with van der Waals surface area (Å²) in [5, 5.41) is 0. The first-order valence-corrected chi connectivity index (χ1v) is 10.7. The fourth-order valence-corrected chi connectivity index (χ4v) is 3.72. The number of hydrogen-bond donors (Lipinski definition) is 0. The topological polar surface area (TPSA) is 42.0 Å². The maximum atomic E-state index is 12.6. The number of ether oxygens (including phenoxy) is 2. The third-order valence-electron chi connectivity index (χ3n) is 5.52. The molecule has 1 aliphatic rings. The molecule has 3 aromatic rings. The van der Waals surface area contributed by atoms with Crippen LogP contribution in [0, 0.1) is 6.92 Å². The number of hydrogen-bond acceptors (Lipinski definition) is 4. The van der Waals surface area contributed by atoms with E-state index >= 15 is 0 Å². The molecule has 1 amide bonds. The Labute approximate surface area is 183 Å². The van der Waals surface area contributed by atoms with Crippen molar-refractivity contribution in [2.45, 2.75) is 13.5 Å². The summed E-state index contributed by atoms with van der Waals surface area (Å²) in [6.45, 7) is 5.79. The van der Waals surface area contributed by atoms with Crippen molar-refractivity contribution in [3.63, 3.8) is 0 Å². The van der Waals surface area contributed by atoms with Gasteiger partial charge in [-0.05, 0) is 48.4 Å². The molecule has 1 fully saturated rings. The summed E-state index contributed by atoms with van der Waals surface area (Å²) in [7, 11) is 0. The van der Waals surface area contributed by atoms with Gasteiger partial charge in [-0.2, -0.15) is 0 Å². The Morgan fingerprint density at radius 3 is 2.06 bits per heavy atom. The molecule has 5 heteroatoms. The summed E-state index contributed by atoms with van der Waals surface area (Å²) in [6.07, 6.45) is 0. The Kier molecular flexibility index (Phi) is 6.72. The van der Waals surface area contributed by atoms with Crippen molar-refractivity contribution >= 4 is 11.6 Å². The molecule has 0 bridgehead atoms. The molecule has 1 aliphatic heterocycles. The van der Waals surface area contributed by atoms with Gasteiger partial charge in [0.05, 0.1) is 0 Å². The molecule has 0 saturated carbocycles. The molecule has 4 rings (SSSR count). The molecule has 1 heterocycles. The van der Waals surface area contributed by atoms with Crippen molar-refractivity contribution in [2.24, 2.45) is 0 Å². The molecule has 0 N–H and O–H groups in total. The van der Waals surface area contributed by atoms with Gasteiger partial charge in [-0.15, -0.1) is 0 Å². The van der Waals surface area contributed by atoms with E-state index in [1.54, 1.807) is 0 Å². The van der Waals surface area contributed by atoms with E-state index in [-0.39, 0.29) is 12.5 Å². The van der Waals surface area contributed by atoms with Gasteiger partial charge in [0, 0.05) is 31.9 Å². The molecule has 1 saturated heterocycles. The maximum Gasteiger partial charge on any atom is 0.260 e. The number of piperazine rings is 1. The maximum absolute atomic E-state index is 12.6. The highest BCUT2D eigenvalue weighted by Gasteiger charge is 2.22. The predicted molar refractivity (Wildman–Crippen MR) is 123 cm³/mol. The van der Waals surface area contributed by atoms with Crippen LogP contribution >= 0.6 is 0 Å². The van der Waals surface area contributed by atoms with Crippen molar-refractivity contribution in [1.29, 1.82) is 0 Å².